The molecular formula is C43H52N2O7S2. The first-order valence-electron chi connectivity index (χ1n) is 18.5. The standard InChI is InChI=1S/C43H52N2O7S2/c1-7-15-34(46)42(3,4)36-21-13-18-29-25-28(29)17-9-11-23-38-44-31(26-53-38)41(49)52-37(43(5,6)35(47)16-8-2)22-14-20-33-32(50-33)19-10-12-24-39-45-30(27-54-39)40(48)51-36/h7-20,23-24,26-29,32-37,46-47H,21-22,25H2,1-6H3/b15-7+,16-8+,17-9+,18-13-,19-10+,20-14-,23-11-,24-12-/t28-,29+,32+,33-,34+,35+,36+,37+/m1/s1. The number of epoxide rings is 1. The van der Waals surface area contributed by atoms with Crippen molar-refractivity contribution in [3.8, 4) is 0 Å². The lowest BCUT2D eigenvalue weighted by Crippen LogP contribution is -2.42. The quantitative estimate of drug-likeness (QED) is 0.168. The van der Waals surface area contributed by atoms with Gasteiger partial charge < -0.3 is 24.4 Å². The first kappa shape index (κ1) is 41.2. The Morgan fingerprint density at radius 3 is 1.69 bits per heavy atom. The number of aromatic nitrogens is 2. The summed E-state index contributed by atoms with van der Waals surface area (Å²) in [5.41, 5.74) is -1.08. The van der Waals surface area contributed by atoms with Crippen LogP contribution >= 0.6 is 22.7 Å². The van der Waals surface area contributed by atoms with Gasteiger partial charge in [-0.15, -0.1) is 22.7 Å². The van der Waals surface area contributed by atoms with Crippen molar-refractivity contribution >= 4 is 46.8 Å². The third-order valence-corrected chi connectivity index (χ3v) is 11.7. The fraction of sp³-hybridized carbons (Fsp3) is 0.442. The monoisotopic (exact) mass is 772 g/mol. The highest BCUT2D eigenvalue weighted by Crippen LogP contribution is 2.41. The largest absolute Gasteiger partial charge is 0.457 e. The van der Waals surface area contributed by atoms with Crippen LogP contribution in [0.2, 0.25) is 0 Å². The van der Waals surface area contributed by atoms with Crippen LogP contribution in [-0.4, -0.2) is 68.7 Å². The molecule has 5 rings (SSSR count). The topological polar surface area (TPSA) is 131 Å². The predicted molar refractivity (Wildman–Crippen MR) is 216 cm³/mol. The number of ether oxygens (including phenoxy) is 3. The molecule has 1 aliphatic carbocycles. The molecule has 2 aromatic rings. The Labute approximate surface area is 326 Å². The predicted octanol–water partition coefficient (Wildman–Crippen LogP) is 8.73. The van der Waals surface area contributed by atoms with Crippen molar-refractivity contribution in [2.45, 2.75) is 97.4 Å². The minimum absolute atomic E-state index is 0.106. The molecule has 4 bridgehead atoms. The highest BCUT2D eigenvalue weighted by atomic mass is 32.1. The lowest BCUT2D eigenvalue weighted by atomic mass is 9.79. The second-order valence-electron chi connectivity index (χ2n) is 15.0. The van der Waals surface area contributed by atoms with Crippen molar-refractivity contribution in [1.29, 1.82) is 0 Å². The molecule has 2 fully saturated rings. The molecule has 4 heterocycles. The maximum Gasteiger partial charge on any atom is 0.358 e. The van der Waals surface area contributed by atoms with Gasteiger partial charge in [0.2, 0.25) is 0 Å². The number of rotatable bonds is 6. The highest BCUT2D eigenvalue weighted by Gasteiger charge is 2.40. The zero-order valence-corrected chi connectivity index (χ0v) is 33.4. The molecule has 1 saturated carbocycles. The van der Waals surface area contributed by atoms with E-state index in [2.05, 4.69) is 22.1 Å². The number of esters is 2. The third-order valence-electron chi connectivity index (χ3n) is 10.1. The number of carbonyl (C=O) groups excluding carboxylic acids is 2. The molecule has 2 N–H and O–H groups in total. The summed E-state index contributed by atoms with van der Waals surface area (Å²) in [7, 11) is 0. The third kappa shape index (κ3) is 11.0. The van der Waals surface area contributed by atoms with E-state index in [-0.39, 0.29) is 23.6 Å². The average Bonchev–Trinajstić information content (AvgIpc) is 3.93. The molecule has 0 aromatic carbocycles. The zero-order chi connectivity index (χ0) is 38.9. The smallest absolute Gasteiger partial charge is 0.358 e. The van der Waals surface area contributed by atoms with Gasteiger partial charge in [-0.3, -0.25) is 0 Å². The van der Waals surface area contributed by atoms with Gasteiger partial charge in [0.15, 0.2) is 11.4 Å². The van der Waals surface area contributed by atoms with Crippen molar-refractivity contribution in [3.05, 3.63) is 117 Å². The second kappa shape index (κ2) is 18.6. The summed E-state index contributed by atoms with van der Waals surface area (Å²) in [6.07, 6.45) is 29.2. The Kier molecular flexibility index (Phi) is 14.1. The van der Waals surface area contributed by atoms with Crippen molar-refractivity contribution in [2.75, 3.05) is 0 Å². The summed E-state index contributed by atoms with van der Waals surface area (Å²) in [6, 6.07) is 0. The van der Waals surface area contributed by atoms with Crippen LogP contribution in [0.5, 0.6) is 0 Å². The van der Waals surface area contributed by atoms with Crippen LogP contribution < -0.4 is 0 Å². The summed E-state index contributed by atoms with van der Waals surface area (Å²) in [4.78, 5) is 35.6. The molecule has 0 amide bonds. The first-order chi connectivity index (χ1) is 25.8. The number of fused-ring (bicyclic) bond motifs is 6. The molecule has 0 unspecified atom stereocenters. The van der Waals surface area contributed by atoms with E-state index in [0.717, 1.165) is 6.42 Å². The Hall–Kier alpha value is -4.00. The Morgan fingerprint density at radius 1 is 0.704 bits per heavy atom. The van der Waals surface area contributed by atoms with E-state index in [0.29, 0.717) is 34.7 Å². The number of nitrogens with zero attached hydrogens (tertiary/aromatic N) is 2. The molecule has 2 aromatic heterocycles. The highest BCUT2D eigenvalue weighted by molar-refractivity contribution is 7.11. The number of allylic oxidation sites excluding steroid dienone is 8. The molecular weight excluding hydrogens is 721 g/mol. The average molecular weight is 773 g/mol. The number of hydrogen-bond acceptors (Lipinski definition) is 11. The van der Waals surface area contributed by atoms with Crippen LogP contribution in [0.4, 0.5) is 0 Å². The van der Waals surface area contributed by atoms with Gasteiger partial charge in [-0.05, 0) is 44.3 Å². The van der Waals surface area contributed by atoms with Crippen LogP contribution in [-0.2, 0) is 14.2 Å². The van der Waals surface area contributed by atoms with Crippen molar-refractivity contribution in [3.63, 3.8) is 0 Å². The first-order valence-corrected chi connectivity index (χ1v) is 20.2. The van der Waals surface area contributed by atoms with E-state index in [1.54, 1.807) is 35.1 Å². The molecule has 0 radical (unpaired) electrons. The van der Waals surface area contributed by atoms with E-state index in [4.69, 9.17) is 14.2 Å². The summed E-state index contributed by atoms with van der Waals surface area (Å²) in [5.74, 6) is -0.304. The fourth-order valence-electron chi connectivity index (χ4n) is 6.04. The lowest BCUT2D eigenvalue weighted by Gasteiger charge is -2.36. The van der Waals surface area contributed by atoms with Crippen molar-refractivity contribution in [1.82, 2.24) is 9.97 Å². The fourth-order valence-corrected chi connectivity index (χ4v) is 7.42. The van der Waals surface area contributed by atoms with Gasteiger partial charge in [0.1, 0.15) is 34.4 Å². The molecule has 11 heteroatoms. The number of carbonyl (C=O) groups is 2. The minimum Gasteiger partial charge on any atom is -0.457 e. The van der Waals surface area contributed by atoms with Crippen molar-refractivity contribution < 1.29 is 34.0 Å². The summed E-state index contributed by atoms with van der Waals surface area (Å²) in [5, 5.41) is 26.6. The van der Waals surface area contributed by atoms with E-state index < -0.39 is 47.2 Å². The maximum atomic E-state index is 13.3. The molecule has 8 atom stereocenters. The van der Waals surface area contributed by atoms with Crippen LogP contribution in [0.25, 0.3) is 12.2 Å². The summed E-state index contributed by atoms with van der Waals surface area (Å²) >= 11 is 2.70. The Balaban J connectivity index is 1.35. The molecule has 1 saturated heterocycles. The van der Waals surface area contributed by atoms with Gasteiger partial charge in [0.25, 0.3) is 0 Å². The SMILES string of the molecule is C/C=C/[C@H](O)C(C)(C)[C@@H]1C/C=C\[C@H]2O[C@H]2/C=C/C=C\c2nc(cs2)C(=O)O[C@H](C(C)(C)[C@@H](O)/C=C/C)C/C=C\[C@H]2C[C@H]2/C=C/C=C\c2nc(cs2)C(=O)O1. The number of aliphatic hydroxyl groups is 2. The van der Waals surface area contributed by atoms with Gasteiger partial charge >= 0.3 is 11.9 Å². The van der Waals surface area contributed by atoms with Gasteiger partial charge in [-0.1, -0.05) is 113 Å². The molecule has 3 aliphatic rings. The minimum atomic E-state index is -0.829. The molecule has 2 aliphatic heterocycles. The zero-order valence-electron chi connectivity index (χ0n) is 31.8. The van der Waals surface area contributed by atoms with Crippen LogP contribution in [0.1, 0.15) is 91.8 Å². The maximum absolute atomic E-state index is 13.3. The Morgan fingerprint density at radius 2 is 1.17 bits per heavy atom. The van der Waals surface area contributed by atoms with Gasteiger partial charge in [0, 0.05) is 34.4 Å². The van der Waals surface area contributed by atoms with E-state index in [9.17, 15) is 19.8 Å². The summed E-state index contributed by atoms with van der Waals surface area (Å²) in [6.45, 7) is 11.3. The van der Waals surface area contributed by atoms with Gasteiger partial charge in [0.05, 0.1) is 12.2 Å². The van der Waals surface area contributed by atoms with Crippen molar-refractivity contribution in [2.24, 2.45) is 22.7 Å². The number of cyclic esters (lactones) is 2. The van der Waals surface area contributed by atoms with E-state index >= 15 is 0 Å². The van der Waals surface area contributed by atoms with Crippen LogP contribution in [0.15, 0.2) is 95.8 Å². The molecule has 0 spiro atoms. The number of thiazole rings is 2. The lowest BCUT2D eigenvalue weighted by molar-refractivity contribution is -0.0461. The van der Waals surface area contributed by atoms with Gasteiger partial charge in [-0.2, -0.15) is 0 Å². The van der Waals surface area contributed by atoms with E-state index in [1.165, 1.54) is 22.7 Å². The van der Waals surface area contributed by atoms with Crippen LogP contribution in [0, 0.1) is 22.7 Å². The summed E-state index contributed by atoms with van der Waals surface area (Å²) < 4.78 is 17.8. The normalized spacial score (nSPS) is 30.5. The number of aliphatic hydroxyl groups excluding tert-OH is 2. The molecule has 54 heavy (non-hydrogen) atoms. The second-order valence-corrected chi connectivity index (χ2v) is 16.7. The molecule has 9 nitrogen and oxygen atoms in total. The Bertz CT molecular complexity index is 1710. The number of hydrogen-bond donors (Lipinski definition) is 2. The van der Waals surface area contributed by atoms with Crippen LogP contribution in [0.3, 0.4) is 0 Å². The van der Waals surface area contributed by atoms with E-state index in [1.807, 2.05) is 102 Å². The molecule has 288 valence electrons. The van der Waals surface area contributed by atoms with Gasteiger partial charge in [-0.25, -0.2) is 19.6 Å².